The van der Waals surface area contributed by atoms with Crippen molar-refractivity contribution in [1.82, 2.24) is 9.80 Å². The zero-order valence-corrected chi connectivity index (χ0v) is 11.8. The van der Waals surface area contributed by atoms with Gasteiger partial charge in [-0.15, -0.1) is 0 Å². The van der Waals surface area contributed by atoms with Gasteiger partial charge in [-0.05, 0) is 32.1 Å². The van der Waals surface area contributed by atoms with E-state index in [1.807, 2.05) is 11.8 Å². The average molecular weight is 267 g/mol. The summed E-state index contributed by atoms with van der Waals surface area (Å²) in [7, 11) is 0. The summed E-state index contributed by atoms with van der Waals surface area (Å²) in [6.07, 6.45) is 5.28. The Hall–Kier alpha value is -1.10. The van der Waals surface area contributed by atoms with Crippen LogP contribution in [0, 0.1) is 0 Å². The van der Waals surface area contributed by atoms with Crippen molar-refractivity contribution in [2.24, 2.45) is 5.73 Å². The summed E-state index contributed by atoms with van der Waals surface area (Å²) < 4.78 is 0. The smallest absolute Gasteiger partial charge is 0.245 e. The van der Waals surface area contributed by atoms with E-state index in [1.54, 1.807) is 4.90 Å². The number of nitrogens with zero attached hydrogens (tertiary/aromatic N) is 2. The van der Waals surface area contributed by atoms with E-state index in [2.05, 4.69) is 0 Å². The molecule has 0 saturated carbocycles. The molecule has 5 heteroatoms. The first-order valence-electron chi connectivity index (χ1n) is 7.47. The third kappa shape index (κ3) is 3.26. The predicted molar refractivity (Wildman–Crippen MR) is 73.4 cm³/mol. The molecule has 5 nitrogen and oxygen atoms in total. The Kier molecular flexibility index (Phi) is 4.80. The van der Waals surface area contributed by atoms with E-state index in [0.717, 1.165) is 45.2 Å². The molecule has 2 atom stereocenters. The van der Waals surface area contributed by atoms with Gasteiger partial charge < -0.3 is 15.5 Å². The lowest BCUT2D eigenvalue weighted by molar-refractivity contribution is -0.148. The van der Waals surface area contributed by atoms with Gasteiger partial charge in [-0.25, -0.2) is 0 Å². The molecule has 0 aromatic carbocycles. The van der Waals surface area contributed by atoms with Crippen molar-refractivity contribution in [3.05, 3.63) is 0 Å². The third-order valence-corrected chi connectivity index (χ3v) is 4.18. The fourth-order valence-electron chi connectivity index (χ4n) is 3.11. The number of nitrogens with two attached hydrogens (primary N) is 1. The topological polar surface area (TPSA) is 66.6 Å². The first-order valence-corrected chi connectivity index (χ1v) is 7.47. The maximum Gasteiger partial charge on any atom is 0.245 e. The Balaban J connectivity index is 2.04. The largest absolute Gasteiger partial charge is 0.339 e. The van der Waals surface area contributed by atoms with Gasteiger partial charge in [0, 0.05) is 32.1 Å². The fourth-order valence-corrected chi connectivity index (χ4v) is 3.11. The molecule has 0 aromatic rings. The normalized spacial score (nSPS) is 28.3. The van der Waals surface area contributed by atoms with Gasteiger partial charge in [0.25, 0.3) is 0 Å². The van der Waals surface area contributed by atoms with E-state index in [0.29, 0.717) is 13.0 Å². The lowest BCUT2D eigenvalue weighted by atomic mass is 9.98. The molecule has 0 radical (unpaired) electrons. The van der Waals surface area contributed by atoms with Crippen LogP contribution in [-0.2, 0) is 9.59 Å². The molecule has 0 aliphatic carbocycles. The summed E-state index contributed by atoms with van der Waals surface area (Å²) in [5, 5.41) is 0. The number of carbonyl (C=O) groups excluding carboxylic acids is 2. The zero-order valence-electron chi connectivity index (χ0n) is 11.8. The number of amides is 2. The van der Waals surface area contributed by atoms with Gasteiger partial charge in [0.05, 0.1) is 0 Å². The summed E-state index contributed by atoms with van der Waals surface area (Å²) in [5.74, 6) is 0.205. The molecule has 2 unspecified atom stereocenters. The van der Waals surface area contributed by atoms with E-state index >= 15 is 0 Å². The summed E-state index contributed by atoms with van der Waals surface area (Å²) in [5.41, 5.74) is 5.94. The summed E-state index contributed by atoms with van der Waals surface area (Å²) in [6, 6.07) is -0.150. The van der Waals surface area contributed by atoms with Crippen LogP contribution < -0.4 is 5.73 Å². The van der Waals surface area contributed by atoms with Crippen LogP contribution >= 0.6 is 0 Å². The first-order chi connectivity index (χ1) is 9.13. The molecule has 2 N–H and O–H groups in total. The Morgan fingerprint density at radius 3 is 2.63 bits per heavy atom. The highest BCUT2D eigenvalue weighted by molar-refractivity contribution is 5.88. The van der Waals surface area contributed by atoms with Gasteiger partial charge in [0.2, 0.25) is 11.8 Å². The van der Waals surface area contributed by atoms with Gasteiger partial charge >= 0.3 is 0 Å². The highest BCUT2D eigenvalue weighted by atomic mass is 16.2. The van der Waals surface area contributed by atoms with Crippen molar-refractivity contribution in [2.75, 3.05) is 19.6 Å². The lowest BCUT2D eigenvalue weighted by Crippen LogP contribution is -2.56. The van der Waals surface area contributed by atoms with Gasteiger partial charge in [0.15, 0.2) is 0 Å². The van der Waals surface area contributed by atoms with E-state index in [-0.39, 0.29) is 23.9 Å². The minimum atomic E-state index is -0.244. The number of carbonyl (C=O) groups is 2. The molecule has 108 valence electrons. The molecule has 2 saturated heterocycles. The van der Waals surface area contributed by atoms with Crippen LogP contribution in [0.15, 0.2) is 0 Å². The standard InChI is InChI=1S/C14H25N3O2/c1-2-13(18)17-9-4-3-7-12(17)14(19)16-8-5-6-11(15)10-16/h11-12H,2-10,15H2,1H3. The van der Waals surface area contributed by atoms with Crippen LogP contribution in [-0.4, -0.2) is 53.3 Å². The van der Waals surface area contributed by atoms with Crippen molar-refractivity contribution < 1.29 is 9.59 Å². The van der Waals surface area contributed by atoms with Crippen molar-refractivity contribution >= 4 is 11.8 Å². The molecule has 2 fully saturated rings. The van der Waals surface area contributed by atoms with Crippen LogP contribution in [0.25, 0.3) is 0 Å². The first kappa shape index (κ1) is 14.3. The monoisotopic (exact) mass is 267 g/mol. The Morgan fingerprint density at radius 2 is 1.95 bits per heavy atom. The van der Waals surface area contributed by atoms with E-state index in [1.165, 1.54) is 0 Å². The molecule has 0 spiro atoms. The molecule has 2 amide bonds. The summed E-state index contributed by atoms with van der Waals surface area (Å²) >= 11 is 0. The third-order valence-electron chi connectivity index (χ3n) is 4.18. The molecule has 19 heavy (non-hydrogen) atoms. The van der Waals surface area contributed by atoms with Gasteiger partial charge in [0.1, 0.15) is 6.04 Å². The zero-order chi connectivity index (χ0) is 13.8. The average Bonchev–Trinajstić information content (AvgIpc) is 2.45. The van der Waals surface area contributed by atoms with Gasteiger partial charge in [-0.1, -0.05) is 6.92 Å². The van der Waals surface area contributed by atoms with Crippen molar-refractivity contribution in [3.63, 3.8) is 0 Å². The number of piperidine rings is 2. The van der Waals surface area contributed by atoms with Crippen LogP contribution in [0.3, 0.4) is 0 Å². The maximum absolute atomic E-state index is 12.6. The van der Waals surface area contributed by atoms with Crippen LogP contribution in [0.2, 0.25) is 0 Å². The second-order valence-corrected chi connectivity index (χ2v) is 5.64. The number of hydrogen-bond donors (Lipinski definition) is 1. The van der Waals surface area contributed by atoms with Crippen molar-refractivity contribution in [3.8, 4) is 0 Å². The molecule has 2 aliphatic rings. The number of likely N-dealkylation sites (tertiary alicyclic amines) is 2. The number of rotatable bonds is 2. The highest BCUT2D eigenvalue weighted by Crippen LogP contribution is 2.21. The minimum absolute atomic E-state index is 0.0941. The maximum atomic E-state index is 12.6. The van der Waals surface area contributed by atoms with Crippen LogP contribution in [0.4, 0.5) is 0 Å². The van der Waals surface area contributed by atoms with E-state index < -0.39 is 0 Å². The minimum Gasteiger partial charge on any atom is -0.339 e. The molecule has 0 aromatic heterocycles. The Morgan fingerprint density at radius 1 is 1.16 bits per heavy atom. The molecule has 2 rings (SSSR count). The van der Waals surface area contributed by atoms with Crippen LogP contribution in [0.5, 0.6) is 0 Å². The van der Waals surface area contributed by atoms with E-state index in [9.17, 15) is 9.59 Å². The van der Waals surface area contributed by atoms with Crippen molar-refractivity contribution in [2.45, 2.75) is 57.5 Å². The fraction of sp³-hybridized carbons (Fsp3) is 0.857. The summed E-state index contributed by atoms with van der Waals surface area (Å²) in [4.78, 5) is 28.2. The molecular formula is C14H25N3O2. The second kappa shape index (κ2) is 6.37. The predicted octanol–water partition coefficient (Wildman–Crippen LogP) is 0.727. The SMILES string of the molecule is CCC(=O)N1CCCCC1C(=O)N1CCCC(N)C1. The quantitative estimate of drug-likeness (QED) is 0.802. The number of hydrogen-bond acceptors (Lipinski definition) is 3. The van der Waals surface area contributed by atoms with Gasteiger partial charge in [-0.2, -0.15) is 0 Å². The molecule has 0 bridgehead atoms. The Labute approximate surface area is 115 Å². The second-order valence-electron chi connectivity index (χ2n) is 5.64. The molecule has 2 heterocycles. The van der Waals surface area contributed by atoms with Gasteiger partial charge in [-0.3, -0.25) is 9.59 Å². The Bertz CT molecular complexity index is 346. The lowest BCUT2D eigenvalue weighted by Gasteiger charge is -2.39. The van der Waals surface area contributed by atoms with Crippen molar-refractivity contribution in [1.29, 1.82) is 0 Å². The van der Waals surface area contributed by atoms with Crippen LogP contribution in [0.1, 0.15) is 45.4 Å². The summed E-state index contributed by atoms with van der Waals surface area (Å²) in [6.45, 7) is 4.01. The molecule has 2 aliphatic heterocycles. The highest BCUT2D eigenvalue weighted by Gasteiger charge is 2.35. The van der Waals surface area contributed by atoms with E-state index in [4.69, 9.17) is 5.73 Å². The molecular weight excluding hydrogens is 242 g/mol.